The van der Waals surface area contributed by atoms with Gasteiger partial charge in [-0.1, -0.05) is 53.6 Å². The molecule has 0 aliphatic heterocycles. The monoisotopic (exact) mass is 455 g/mol. The molecule has 0 radical (unpaired) electrons. The summed E-state index contributed by atoms with van der Waals surface area (Å²) in [5.74, 6) is -0.567. The molecule has 6 nitrogen and oxygen atoms in total. The Morgan fingerprint density at radius 2 is 1.68 bits per heavy atom. The zero-order chi connectivity index (χ0) is 22.4. The minimum atomic E-state index is -3.96. The maximum Gasteiger partial charge on any atom is 0.264 e. The molecule has 31 heavy (non-hydrogen) atoms. The van der Waals surface area contributed by atoms with E-state index < -0.39 is 22.5 Å². The predicted octanol–water partition coefficient (Wildman–Crippen LogP) is 4.30. The van der Waals surface area contributed by atoms with Crippen LogP contribution in [0.1, 0.15) is 16.7 Å². The summed E-state index contributed by atoms with van der Waals surface area (Å²) in [7, 11) is -3.96. The highest BCUT2D eigenvalue weighted by atomic mass is 35.5. The van der Waals surface area contributed by atoms with Crippen LogP contribution in [0.5, 0.6) is 0 Å². The minimum Gasteiger partial charge on any atom is -0.271 e. The molecule has 0 bridgehead atoms. The summed E-state index contributed by atoms with van der Waals surface area (Å²) in [6.07, 6.45) is 1.46. The second-order valence-corrected chi connectivity index (χ2v) is 9.31. The highest BCUT2D eigenvalue weighted by Gasteiger charge is 2.27. The number of nitrogens with zero attached hydrogens (tertiary/aromatic N) is 2. The molecule has 0 fully saturated rings. The van der Waals surface area contributed by atoms with E-state index >= 15 is 0 Å². The molecule has 0 saturated carbocycles. The molecule has 3 rings (SSSR count). The van der Waals surface area contributed by atoms with Gasteiger partial charge in [-0.3, -0.25) is 9.10 Å². The number of hydrogen-bond donors (Lipinski definition) is 1. The van der Waals surface area contributed by atoms with Crippen LogP contribution >= 0.6 is 11.6 Å². The van der Waals surface area contributed by atoms with Gasteiger partial charge < -0.3 is 0 Å². The predicted molar refractivity (Wildman–Crippen MR) is 124 cm³/mol. The first-order chi connectivity index (χ1) is 14.8. The van der Waals surface area contributed by atoms with E-state index in [0.717, 1.165) is 21.0 Å². The standard InChI is InChI=1S/C23H22ClN3O3S/c1-17-6-12-22(13-7-17)31(29,30)27(21-5-3-4-18(2)14-21)16-23(28)26-25-15-19-8-10-20(24)11-9-19/h3-15H,16H2,1-2H3,(H,26,28)/b25-15-. The van der Waals surface area contributed by atoms with Crippen molar-refractivity contribution in [1.82, 2.24) is 5.43 Å². The van der Waals surface area contributed by atoms with Crippen molar-refractivity contribution in [3.05, 3.63) is 94.5 Å². The van der Waals surface area contributed by atoms with Crippen molar-refractivity contribution in [2.75, 3.05) is 10.8 Å². The van der Waals surface area contributed by atoms with Gasteiger partial charge in [0.05, 0.1) is 16.8 Å². The zero-order valence-electron chi connectivity index (χ0n) is 17.1. The van der Waals surface area contributed by atoms with E-state index in [2.05, 4.69) is 10.5 Å². The zero-order valence-corrected chi connectivity index (χ0v) is 18.7. The van der Waals surface area contributed by atoms with Crippen molar-refractivity contribution in [3.8, 4) is 0 Å². The molecule has 160 valence electrons. The van der Waals surface area contributed by atoms with E-state index in [9.17, 15) is 13.2 Å². The highest BCUT2D eigenvalue weighted by molar-refractivity contribution is 7.92. The van der Waals surface area contributed by atoms with Crippen molar-refractivity contribution in [2.45, 2.75) is 18.7 Å². The summed E-state index contributed by atoms with van der Waals surface area (Å²) in [6, 6.07) is 20.4. The Morgan fingerprint density at radius 1 is 1.00 bits per heavy atom. The van der Waals surface area contributed by atoms with E-state index in [1.807, 2.05) is 19.9 Å². The van der Waals surface area contributed by atoms with Crippen molar-refractivity contribution < 1.29 is 13.2 Å². The number of anilines is 1. The molecule has 0 aliphatic carbocycles. The molecule has 3 aromatic rings. The fourth-order valence-corrected chi connectivity index (χ4v) is 4.37. The van der Waals surface area contributed by atoms with Gasteiger partial charge >= 0.3 is 0 Å². The Balaban J connectivity index is 1.83. The van der Waals surface area contributed by atoms with Gasteiger partial charge in [-0.25, -0.2) is 13.8 Å². The van der Waals surface area contributed by atoms with Gasteiger partial charge in [0.15, 0.2) is 0 Å². The normalized spacial score (nSPS) is 11.5. The Bertz CT molecular complexity index is 1190. The number of rotatable bonds is 7. The van der Waals surface area contributed by atoms with Crippen molar-refractivity contribution in [1.29, 1.82) is 0 Å². The van der Waals surface area contributed by atoms with Gasteiger partial charge in [0, 0.05) is 5.02 Å². The number of halogens is 1. The molecule has 0 aliphatic rings. The Labute approximate surface area is 187 Å². The van der Waals surface area contributed by atoms with Crippen molar-refractivity contribution in [2.24, 2.45) is 5.10 Å². The number of carbonyl (C=O) groups excluding carboxylic acids is 1. The quantitative estimate of drug-likeness (QED) is 0.426. The third-order valence-electron chi connectivity index (χ3n) is 4.46. The SMILES string of the molecule is Cc1ccc(S(=O)(=O)N(CC(=O)N/N=C\c2ccc(Cl)cc2)c2cccc(C)c2)cc1. The number of amides is 1. The molecule has 0 aromatic heterocycles. The van der Waals surface area contributed by atoms with Crippen LogP contribution in [-0.2, 0) is 14.8 Å². The van der Waals surface area contributed by atoms with E-state index in [1.54, 1.807) is 54.6 Å². The molecular formula is C23H22ClN3O3S. The lowest BCUT2D eigenvalue weighted by Crippen LogP contribution is -2.39. The molecule has 0 spiro atoms. The van der Waals surface area contributed by atoms with Crippen molar-refractivity contribution >= 4 is 39.4 Å². The summed E-state index contributed by atoms with van der Waals surface area (Å²) in [5.41, 5.74) is 5.35. The fourth-order valence-electron chi connectivity index (χ4n) is 2.83. The summed E-state index contributed by atoms with van der Waals surface area (Å²) in [6.45, 7) is 3.31. The second-order valence-electron chi connectivity index (χ2n) is 7.01. The Morgan fingerprint density at radius 3 is 2.32 bits per heavy atom. The van der Waals surface area contributed by atoms with Gasteiger partial charge in [-0.05, 0) is 61.4 Å². The largest absolute Gasteiger partial charge is 0.271 e. The summed E-state index contributed by atoms with van der Waals surface area (Å²) >= 11 is 5.85. The first-order valence-corrected chi connectivity index (χ1v) is 11.3. The number of nitrogens with one attached hydrogen (secondary N) is 1. The van der Waals surface area contributed by atoms with Crippen LogP contribution in [0, 0.1) is 13.8 Å². The first kappa shape index (κ1) is 22.5. The Kier molecular flexibility index (Phi) is 7.09. The van der Waals surface area contributed by atoms with Gasteiger partial charge in [0.1, 0.15) is 6.54 Å². The lowest BCUT2D eigenvalue weighted by molar-refractivity contribution is -0.119. The van der Waals surface area contributed by atoms with Crippen LogP contribution in [0.2, 0.25) is 5.02 Å². The molecule has 0 atom stereocenters. The average molecular weight is 456 g/mol. The summed E-state index contributed by atoms with van der Waals surface area (Å²) in [5, 5.41) is 4.51. The molecular weight excluding hydrogens is 434 g/mol. The second kappa shape index (κ2) is 9.76. The summed E-state index contributed by atoms with van der Waals surface area (Å²) < 4.78 is 27.7. The van der Waals surface area contributed by atoms with Crippen LogP contribution < -0.4 is 9.73 Å². The first-order valence-electron chi connectivity index (χ1n) is 9.49. The topological polar surface area (TPSA) is 78.8 Å². The highest BCUT2D eigenvalue weighted by Crippen LogP contribution is 2.24. The molecule has 0 heterocycles. The van der Waals surface area contributed by atoms with Crippen molar-refractivity contribution in [3.63, 3.8) is 0 Å². The van der Waals surface area contributed by atoms with E-state index in [1.165, 1.54) is 18.3 Å². The number of aryl methyl sites for hydroxylation is 2. The number of sulfonamides is 1. The molecule has 1 amide bonds. The maximum atomic E-state index is 13.3. The minimum absolute atomic E-state index is 0.108. The fraction of sp³-hybridized carbons (Fsp3) is 0.130. The number of benzene rings is 3. The van der Waals surface area contributed by atoms with Crippen LogP contribution in [0.3, 0.4) is 0 Å². The average Bonchev–Trinajstić information content (AvgIpc) is 2.73. The van der Waals surface area contributed by atoms with E-state index in [0.29, 0.717) is 10.7 Å². The molecule has 3 aromatic carbocycles. The van der Waals surface area contributed by atoms with Gasteiger partial charge in [-0.15, -0.1) is 0 Å². The third-order valence-corrected chi connectivity index (χ3v) is 6.50. The summed E-state index contributed by atoms with van der Waals surface area (Å²) in [4.78, 5) is 12.6. The van der Waals surface area contributed by atoms with E-state index in [4.69, 9.17) is 11.6 Å². The van der Waals surface area contributed by atoms with Crippen LogP contribution in [0.25, 0.3) is 0 Å². The van der Waals surface area contributed by atoms with Gasteiger partial charge in [0.25, 0.3) is 15.9 Å². The number of carbonyl (C=O) groups is 1. The Hall–Kier alpha value is -3.16. The van der Waals surface area contributed by atoms with E-state index in [-0.39, 0.29) is 4.90 Å². The maximum absolute atomic E-state index is 13.3. The third kappa shape index (κ3) is 5.93. The van der Waals surface area contributed by atoms with Crippen LogP contribution in [-0.4, -0.2) is 27.1 Å². The lowest BCUT2D eigenvalue weighted by Gasteiger charge is -2.24. The van der Waals surface area contributed by atoms with Gasteiger partial charge in [-0.2, -0.15) is 5.10 Å². The molecule has 0 saturated heterocycles. The van der Waals surface area contributed by atoms with Gasteiger partial charge in [0.2, 0.25) is 0 Å². The molecule has 1 N–H and O–H groups in total. The lowest BCUT2D eigenvalue weighted by atomic mass is 10.2. The number of hydrazone groups is 1. The molecule has 0 unspecified atom stereocenters. The smallest absolute Gasteiger partial charge is 0.264 e. The molecule has 8 heteroatoms. The van der Waals surface area contributed by atoms with Crippen LogP contribution in [0.4, 0.5) is 5.69 Å². The van der Waals surface area contributed by atoms with Crippen LogP contribution in [0.15, 0.2) is 82.8 Å². The number of hydrogen-bond acceptors (Lipinski definition) is 4.